The Balaban J connectivity index is 1.36. The average Bonchev–Trinajstić information content (AvgIpc) is 3.21. The summed E-state index contributed by atoms with van der Waals surface area (Å²) in [5, 5.41) is 4.38. The summed E-state index contributed by atoms with van der Waals surface area (Å²) in [4.78, 5) is 2.53. The lowest BCUT2D eigenvalue weighted by Crippen LogP contribution is -2.30. The van der Waals surface area contributed by atoms with Gasteiger partial charge in [0.2, 0.25) is 0 Å². The predicted molar refractivity (Wildman–Crippen MR) is 127 cm³/mol. The van der Waals surface area contributed by atoms with E-state index in [1.54, 1.807) is 7.11 Å². The van der Waals surface area contributed by atoms with Gasteiger partial charge in [-0.25, -0.2) is 4.52 Å². The van der Waals surface area contributed by atoms with Gasteiger partial charge in [0.1, 0.15) is 5.75 Å². The third kappa shape index (κ3) is 4.40. The number of hydrogen-bond acceptors (Lipinski definition) is 4. The number of ether oxygens (including phenoxy) is 2. The van der Waals surface area contributed by atoms with Crippen molar-refractivity contribution in [3.8, 4) is 16.9 Å². The number of para-hydroxylation sites is 1. The Hall–Kier alpha value is -3.15. The van der Waals surface area contributed by atoms with E-state index in [2.05, 4.69) is 64.6 Å². The zero-order valence-corrected chi connectivity index (χ0v) is 18.5. The van der Waals surface area contributed by atoms with E-state index in [1.165, 1.54) is 22.2 Å². The van der Waals surface area contributed by atoms with Crippen LogP contribution in [-0.2, 0) is 17.7 Å². The largest absolute Gasteiger partial charge is 0.496 e. The first-order valence-corrected chi connectivity index (χ1v) is 11.2. The molecule has 1 saturated heterocycles. The highest BCUT2D eigenvalue weighted by molar-refractivity contribution is 5.73. The van der Waals surface area contributed by atoms with Gasteiger partial charge < -0.3 is 9.47 Å². The fourth-order valence-electron chi connectivity index (χ4n) is 4.75. The zero-order chi connectivity index (χ0) is 21.8. The van der Waals surface area contributed by atoms with Crippen LogP contribution >= 0.6 is 0 Å². The van der Waals surface area contributed by atoms with Crippen molar-refractivity contribution in [3.63, 3.8) is 0 Å². The first-order valence-electron chi connectivity index (χ1n) is 11.2. The van der Waals surface area contributed by atoms with Gasteiger partial charge in [0.05, 0.1) is 25.8 Å². The van der Waals surface area contributed by atoms with Gasteiger partial charge in [-0.2, -0.15) is 5.10 Å². The predicted octanol–water partition coefficient (Wildman–Crippen LogP) is 4.70. The molecule has 2 aromatic heterocycles. The van der Waals surface area contributed by atoms with Crippen LogP contribution in [0.3, 0.4) is 0 Å². The maximum absolute atomic E-state index is 6.01. The van der Waals surface area contributed by atoms with E-state index in [0.29, 0.717) is 5.92 Å². The zero-order valence-electron chi connectivity index (χ0n) is 18.5. The molecule has 0 radical (unpaired) electrons. The Morgan fingerprint density at radius 1 is 0.969 bits per heavy atom. The van der Waals surface area contributed by atoms with Gasteiger partial charge in [0.25, 0.3) is 0 Å². The molecule has 1 fully saturated rings. The summed E-state index contributed by atoms with van der Waals surface area (Å²) in [5.74, 6) is 1.35. The molecule has 0 amide bonds. The van der Waals surface area contributed by atoms with Crippen LogP contribution < -0.4 is 4.74 Å². The number of fused-ring (bicyclic) bond motifs is 1. The molecule has 5 nitrogen and oxygen atoms in total. The smallest absolute Gasteiger partial charge is 0.126 e. The molecule has 32 heavy (non-hydrogen) atoms. The first-order chi connectivity index (χ1) is 15.8. The Morgan fingerprint density at radius 2 is 1.78 bits per heavy atom. The summed E-state index contributed by atoms with van der Waals surface area (Å²) in [5.41, 5.74) is 6.20. The van der Waals surface area contributed by atoms with Gasteiger partial charge in [0.15, 0.2) is 0 Å². The molecule has 1 aliphatic rings. The summed E-state index contributed by atoms with van der Waals surface area (Å²) >= 11 is 0. The second-order valence-electron chi connectivity index (χ2n) is 8.43. The second-order valence-corrected chi connectivity index (χ2v) is 8.43. The van der Waals surface area contributed by atoms with E-state index in [0.717, 1.165) is 50.6 Å². The minimum atomic E-state index is 0.442. The molecule has 0 aliphatic carbocycles. The molecule has 2 aromatic carbocycles. The van der Waals surface area contributed by atoms with Crippen LogP contribution in [0.2, 0.25) is 0 Å². The molecule has 5 rings (SSSR count). The quantitative estimate of drug-likeness (QED) is 0.447. The topological polar surface area (TPSA) is 39.0 Å². The van der Waals surface area contributed by atoms with E-state index < -0.39 is 0 Å². The van der Waals surface area contributed by atoms with Crippen molar-refractivity contribution in [3.05, 3.63) is 90.3 Å². The Morgan fingerprint density at radius 3 is 2.69 bits per heavy atom. The maximum atomic E-state index is 6.01. The van der Waals surface area contributed by atoms with Crippen molar-refractivity contribution in [2.75, 3.05) is 33.4 Å². The highest BCUT2D eigenvalue weighted by atomic mass is 16.5. The van der Waals surface area contributed by atoms with Crippen molar-refractivity contribution >= 4 is 5.52 Å². The van der Waals surface area contributed by atoms with Crippen LogP contribution in [0, 0.1) is 5.92 Å². The number of methoxy groups -OCH3 is 1. The monoisotopic (exact) mass is 427 g/mol. The lowest BCUT2D eigenvalue weighted by Gasteiger charge is -2.25. The summed E-state index contributed by atoms with van der Waals surface area (Å²) in [6.45, 7) is 4.40. The number of benzene rings is 2. The van der Waals surface area contributed by atoms with Crippen LogP contribution in [0.5, 0.6) is 5.75 Å². The molecule has 1 atom stereocenters. The number of nitrogens with zero attached hydrogens (tertiary/aromatic N) is 3. The third-order valence-electron chi connectivity index (χ3n) is 6.26. The molecule has 0 unspecified atom stereocenters. The molecule has 0 bridgehead atoms. The molecular weight excluding hydrogens is 398 g/mol. The maximum Gasteiger partial charge on any atom is 0.126 e. The minimum absolute atomic E-state index is 0.442. The third-order valence-corrected chi connectivity index (χ3v) is 6.26. The van der Waals surface area contributed by atoms with E-state index in [4.69, 9.17) is 9.47 Å². The first kappa shape index (κ1) is 20.7. The molecule has 164 valence electrons. The molecule has 0 saturated carbocycles. The molecular formula is C27H29N3O2. The molecule has 1 aliphatic heterocycles. The van der Waals surface area contributed by atoms with Crippen LogP contribution in [0.1, 0.15) is 11.1 Å². The average molecular weight is 428 g/mol. The summed E-state index contributed by atoms with van der Waals surface area (Å²) in [6.07, 6.45) is 4.85. The molecule has 5 heteroatoms. The standard InChI is InChI=1S/C27H29N3O2/c1-31-27-11-5-4-10-25(27)24-9-3-2-7-23(24)19-29-15-16-32-20-21(18-29)17-22-8-6-14-30-26(22)12-13-28-30/h2-14,21H,15-20H2,1H3/t21-/m0/s1. The Bertz CT molecular complexity index is 1190. The highest BCUT2D eigenvalue weighted by Crippen LogP contribution is 2.33. The minimum Gasteiger partial charge on any atom is -0.496 e. The lowest BCUT2D eigenvalue weighted by molar-refractivity contribution is 0.122. The van der Waals surface area contributed by atoms with E-state index in [9.17, 15) is 0 Å². The summed E-state index contributed by atoms with van der Waals surface area (Å²) in [6, 6.07) is 23.3. The van der Waals surface area contributed by atoms with Gasteiger partial charge in [-0.15, -0.1) is 0 Å². The van der Waals surface area contributed by atoms with Crippen molar-refractivity contribution < 1.29 is 9.47 Å². The number of rotatable bonds is 6. The van der Waals surface area contributed by atoms with E-state index in [-0.39, 0.29) is 0 Å². The van der Waals surface area contributed by atoms with Crippen molar-refractivity contribution in [1.29, 1.82) is 0 Å². The second kappa shape index (κ2) is 9.55. The van der Waals surface area contributed by atoms with Crippen LogP contribution in [0.4, 0.5) is 0 Å². The fourth-order valence-corrected chi connectivity index (χ4v) is 4.75. The van der Waals surface area contributed by atoms with Gasteiger partial charge in [0, 0.05) is 37.6 Å². The van der Waals surface area contributed by atoms with Gasteiger partial charge in [-0.1, -0.05) is 48.5 Å². The van der Waals surface area contributed by atoms with E-state index >= 15 is 0 Å². The van der Waals surface area contributed by atoms with Crippen molar-refractivity contribution in [2.45, 2.75) is 13.0 Å². The molecule has 3 heterocycles. The number of pyridine rings is 1. The van der Waals surface area contributed by atoms with Crippen LogP contribution in [0.25, 0.3) is 16.6 Å². The van der Waals surface area contributed by atoms with Crippen molar-refractivity contribution in [2.24, 2.45) is 5.92 Å². The number of aromatic nitrogens is 2. The van der Waals surface area contributed by atoms with Gasteiger partial charge in [-0.3, -0.25) is 4.90 Å². The van der Waals surface area contributed by atoms with Gasteiger partial charge in [-0.05, 0) is 47.2 Å². The summed E-state index contributed by atoms with van der Waals surface area (Å²) < 4.78 is 13.6. The molecule has 0 N–H and O–H groups in total. The van der Waals surface area contributed by atoms with Crippen LogP contribution in [-0.4, -0.2) is 47.9 Å². The Labute approximate surface area is 189 Å². The lowest BCUT2D eigenvalue weighted by atomic mass is 9.97. The Kier molecular flexibility index (Phi) is 6.19. The SMILES string of the molecule is COc1ccccc1-c1ccccc1CN1CCOC[C@@H](Cc2cccn3nccc23)C1. The van der Waals surface area contributed by atoms with E-state index in [1.807, 2.05) is 29.0 Å². The highest BCUT2D eigenvalue weighted by Gasteiger charge is 2.21. The van der Waals surface area contributed by atoms with Crippen LogP contribution in [0.15, 0.2) is 79.1 Å². The normalized spacial score (nSPS) is 17.3. The fraction of sp³-hybridized carbons (Fsp3) is 0.296. The number of hydrogen-bond donors (Lipinski definition) is 0. The van der Waals surface area contributed by atoms with Gasteiger partial charge >= 0.3 is 0 Å². The summed E-state index contributed by atoms with van der Waals surface area (Å²) in [7, 11) is 1.74. The molecule has 4 aromatic rings. The molecule has 0 spiro atoms. The van der Waals surface area contributed by atoms with Crippen molar-refractivity contribution in [1.82, 2.24) is 14.5 Å².